The fraction of sp³-hybridized carbons (Fsp3) is 0.167. The van der Waals surface area contributed by atoms with Gasteiger partial charge in [0.05, 0.1) is 18.1 Å². The van der Waals surface area contributed by atoms with E-state index in [9.17, 15) is 4.79 Å². The van der Waals surface area contributed by atoms with Crippen LogP contribution in [0.15, 0.2) is 61.3 Å². The number of imidazole rings is 1. The molecule has 0 N–H and O–H groups in total. The molecule has 1 aromatic carbocycles. The van der Waals surface area contributed by atoms with Crippen molar-refractivity contribution in [2.75, 3.05) is 0 Å². The van der Waals surface area contributed by atoms with Crippen molar-refractivity contribution in [1.29, 1.82) is 0 Å². The maximum atomic E-state index is 10.7. The molecule has 0 bridgehead atoms. The van der Waals surface area contributed by atoms with Crippen molar-refractivity contribution < 1.29 is 4.79 Å². The second-order valence-electron chi connectivity index (χ2n) is 5.15. The molecule has 2 heterocycles. The fourth-order valence-electron chi connectivity index (χ4n) is 2.55. The van der Waals surface area contributed by atoms with Gasteiger partial charge in [0.15, 0.2) is 0 Å². The molecular weight excluding hydrogens is 274 g/mol. The highest BCUT2D eigenvalue weighted by atomic mass is 16.1. The summed E-state index contributed by atoms with van der Waals surface area (Å²) in [4.78, 5) is 19.4. The monoisotopic (exact) mass is 291 g/mol. The summed E-state index contributed by atoms with van der Waals surface area (Å²) >= 11 is 0. The van der Waals surface area contributed by atoms with E-state index in [1.807, 2.05) is 43.0 Å². The van der Waals surface area contributed by atoms with Crippen molar-refractivity contribution in [2.45, 2.75) is 19.4 Å². The minimum Gasteiger partial charge on any atom is -0.328 e. The standard InChI is InChI=1S/C18H17N3O/c1-2-18(21-10-9-19-13-21)17-8-7-16(11-20-17)15-5-3-14(12-22)4-6-15/h3-13,18H,2H2,1H3. The van der Waals surface area contributed by atoms with Gasteiger partial charge in [-0.1, -0.05) is 37.3 Å². The number of carbonyl (C=O) groups is 1. The van der Waals surface area contributed by atoms with Gasteiger partial charge in [-0.3, -0.25) is 9.78 Å². The molecule has 22 heavy (non-hydrogen) atoms. The Morgan fingerprint density at radius 1 is 1.14 bits per heavy atom. The molecule has 0 spiro atoms. The van der Waals surface area contributed by atoms with E-state index in [1.165, 1.54) is 0 Å². The number of pyridine rings is 1. The molecule has 3 rings (SSSR count). The first-order valence-electron chi connectivity index (χ1n) is 7.31. The molecule has 0 aliphatic carbocycles. The predicted molar refractivity (Wildman–Crippen MR) is 85.7 cm³/mol. The molecule has 0 fully saturated rings. The summed E-state index contributed by atoms with van der Waals surface area (Å²) in [7, 11) is 0. The number of rotatable bonds is 5. The Morgan fingerprint density at radius 2 is 1.91 bits per heavy atom. The van der Waals surface area contributed by atoms with Crippen LogP contribution in [0.3, 0.4) is 0 Å². The molecule has 0 radical (unpaired) electrons. The van der Waals surface area contributed by atoms with E-state index in [2.05, 4.69) is 33.6 Å². The van der Waals surface area contributed by atoms with Crippen LogP contribution in [0.2, 0.25) is 0 Å². The molecule has 0 aliphatic heterocycles. The normalized spacial score (nSPS) is 12.0. The minimum atomic E-state index is 0.203. The molecule has 2 aromatic heterocycles. The quantitative estimate of drug-likeness (QED) is 0.672. The van der Waals surface area contributed by atoms with Gasteiger partial charge in [-0.25, -0.2) is 4.98 Å². The fourth-order valence-corrected chi connectivity index (χ4v) is 2.55. The van der Waals surface area contributed by atoms with E-state index in [4.69, 9.17) is 0 Å². The molecule has 0 saturated carbocycles. The number of nitrogens with zero attached hydrogens (tertiary/aromatic N) is 3. The number of hydrogen-bond donors (Lipinski definition) is 0. The topological polar surface area (TPSA) is 47.8 Å². The number of aldehydes is 1. The van der Waals surface area contributed by atoms with E-state index >= 15 is 0 Å². The van der Waals surface area contributed by atoms with Crippen LogP contribution in [0.25, 0.3) is 11.1 Å². The largest absolute Gasteiger partial charge is 0.328 e. The van der Waals surface area contributed by atoms with Crippen molar-refractivity contribution in [3.8, 4) is 11.1 Å². The Balaban J connectivity index is 1.86. The van der Waals surface area contributed by atoms with Crippen LogP contribution < -0.4 is 0 Å². The summed E-state index contributed by atoms with van der Waals surface area (Å²) in [5.41, 5.74) is 3.80. The zero-order chi connectivity index (χ0) is 15.4. The highest BCUT2D eigenvalue weighted by molar-refractivity contribution is 5.76. The first kappa shape index (κ1) is 14.2. The van der Waals surface area contributed by atoms with Crippen molar-refractivity contribution in [3.63, 3.8) is 0 Å². The van der Waals surface area contributed by atoms with Crippen molar-refractivity contribution in [3.05, 3.63) is 72.6 Å². The molecule has 4 nitrogen and oxygen atoms in total. The Morgan fingerprint density at radius 3 is 2.45 bits per heavy atom. The van der Waals surface area contributed by atoms with E-state index in [0.29, 0.717) is 5.56 Å². The van der Waals surface area contributed by atoms with Gasteiger partial charge < -0.3 is 4.57 Å². The Hall–Kier alpha value is -2.75. The molecule has 1 atom stereocenters. The first-order valence-corrected chi connectivity index (χ1v) is 7.31. The van der Waals surface area contributed by atoms with Gasteiger partial charge in [0.1, 0.15) is 6.29 Å². The third kappa shape index (κ3) is 2.81. The molecule has 3 aromatic rings. The Bertz CT molecular complexity index is 731. The smallest absolute Gasteiger partial charge is 0.150 e. The van der Waals surface area contributed by atoms with E-state index in [0.717, 1.165) is 29.5 Å². The van der Waals surface area contributed by atoms with Gasteiger partial charge >= 0.3 is 0 Å². The highest BCUT2D eigenvalue weighted by Gasteiger charge is 2.12. The van der Waals surface area contributed by atoms with Gasteiger partial charge in [0.2, 0.25) is 0 Å². The summed E-state index contributed by atoms with van der Waals surface area (Å²) in [6.45, 7) is 2.14. The van der Waals surface area contributed by atoms with E-state index in [1.54, 1.807) is 6.20 Å². The first-order chi connectivity index (χ1) is 10.8. The lowest BCUT2D eigenvalue weighted by Crippen LogP contribution is -2.09. The van der Waals surface area contributed by atoms with Crippen LogP contribution in [-0.2, 0) is 0 Å². The maximum absolute atomic E-state index is 10.7. The summed E-state index contributed by atoms with van der Waals surface area (Å²) in [5.74, 6) is 0. The average Bonchev–Trinajstić information content (AvgIpc) is 3.11. The maximum Gasteiger partial charge on any atom is 0.150 e. The minimum absolute atomic E-state index is 0.203. The van der Waals surface area contributed by atoms with E-state index in [-0.39, 0.29) is 6.04 Å². The van der Waals surface area contributed by atoms with Gasteiger partial charge in [0, 0.05) is 29.7 Å². The van der Waals surface area contributed by atoms with Crippen LogP contribution in [0.1, 0.15) is 35.4 Å². The second kappa shape index (κ2) is 6.35. The third-order valence-electron chi connectivity index (χ3n) is 3.78. The van der Waals surface area contributed by atoms with Crippen molar-refractivity contribution in [2.24, 2.45) is 0 Å². The van der Waals surface area contributed by atoms with Crippen LogP contribution in [0, 0.1) is 0 Å². The van der Waals surface area contributed by atoms with Crippen LogP contribution >= 0.6 is 0 Å². The third-order valence-corrected chi connectivity index (χ3v) is 3.78. The molecule has 0 aliphatic rings. The van der Waals surface area contributed by atoms with Crippen molar-refractivity contribution in [1.82, 2.24) is 14.5 Å². The van der Waals surface area contributed by atoms with E-state index < -0.39 is 0 Å². The van der Waals surface area contributed by atoms with Gasteiger partial charge in [-0.15, -0.1) is 0 Å². The molecule has 0 saturated heterocycles. The lowest BCUT2D eigenvalue weighted by molar-refractivity contribution is 0.112. The van der Waals surface area contributed by atoms with Gasteiger partial charge in [-0.2, -0.15) is 0 Å². The van der Waals surface area contributed by atoms with Gasteiger partial charge in [0.25, 0.3) is 0 Å². The highest BCUT2D eigenvalue weighted by Crippen LogP contribution is 2.23. The molecular formula is C18H17N3O. The number of carbonyl (C=O) groups excluding carboxylic acids is 1. The summed E-state index contributed by atoms with van der Waals surface area (Å²) in [6, 6.07) is 11.8. The number of hydrogen-bond acceptors (Lipinski definition) is 3. The SMILES string of the molecule is CCC(c1ccc(-c2ccc(C=O)cc2)cn1)n1ccnc1. The zero-order valence-corrected chi connectivity index (χ0v) is 12.4. The average molecular weight is 291 g/mol. The molecule has 1 unspecified atom stereocenters. The molecule has 0 amide bonds. The lowest BCUT2D eigenvalue weighted by atomic mass is 10.0. The molecule has 4 heteroatoms. The van der Waals surface area contributed by atoms with Crippen LogP contribution in [-0.4, -0.2) is 20.8 Å². The van der Waals surface area contributed by atoms with Crippen LogP contribution in [0.5, 0.6) is 0 Å². The summed E-state index contributed by atoms with van der Waals surface area (Å²) < 4.78 is 2.07. The van der Waals surface area contributed by atoms with Gasteiger partial charge in [-0.05, 0) is 18.1 Å². The number of aromatic nitrogens is 3. The zero-order valence-electron chi connectivity index (χ0n) is 12.4. The Kier molecular flexibility index (Phi) is 4.10. The Labute approximate surface area is 129 Å². The summed E-state index contributed by atoms with van der Waals surface area (Å²) in [6.07, 6.45) is 9.25. The summed E-state index contributed by atoms with van der Waals surface area (Å²) in [5, 5.41) is 0. The predicted octanol–water partition coefficient (Wildman–Crippen LogP) is 3.76. The van der Waals surface area contributed by atoms with Crippen LogP contribution in [0.4, 0.5) is 0 Å². The lowest BCUT2D eigenvalue weighted by Gasteiger charge is -2.16. The van der Waals surface area contributed by atoms with Crippen molar-refractivity contribution >= 4 is 6.29 Å². The second-order valence-corrected chi connectivity index (χ2v) is 5.15. The molecule has 110 valence electrons. The number of benzene rings is 1.